The highest BCUT2D eigenvalue weighted by atomic mass is 16.3. The highest BCUT2D eigenvalue weighted by Crippen LogP contribution is 2.29. The molecule has 2 N–H and O–H groups in total. The largest absolute Gasteiger partial charge is 0.504 e. The van der Waals surface area contributed by atoms with Crippen LogP contribution in [0.5, 0.6) is 11.5 Å². The fourth-order valence-electron chi connectivity index (χ4n) is 1.75. The number of aromatic nitrogens is 1. The van der Waals surface area contributed by atoms with Crippen LogP contribution in [0.4, 0.5) is 0 Å². The van der Waals surface area contributed by atoms with E-state index in [0.717, 1.165) is 0 Å². The van der Waals surface area contributed by atoms with Crippen LogP contribution in [0.3, 0.4) is 0 Å². The molecule has 0 amide bonds. The standard InChI is InChI=1S/C12H13NO3/c1-7(2)13-4-3-10(14)8-5-11(15)12(16)6-9(8)13/h3-7,15-16H,1-2H3. The Kier molecular flexibility index (Phi) is 2.34. The summed E-state index contributed by atoms with van der Waals surface area (Å²) in [6, 6.07) is 4.34. The second kappa shape index (κ2) is 3.56. The molecule has 0 unspecified atom stereocenters. The van der Waals surface area contributed by atoms with E-state index < -0.39 is 0 Å². The third kappa shape index (κ3) is 1.52. The summed E-state index contributed by atoms with van der Waals surface area (Å²) < 4.78 is 1.87. The molecule has 1 heterocycles. The zero-order valence-electron chi connectivity index (χ0n) is 9.14. The molecule has 2 aromatic rings. The quantitative estimate of drug-likeness (QED) is 0.721. The van der Waals surface area contributed by atoms with Crippen LogP contribution in [0.15, 0.2) is 29.2 Å². The number of hydrogen-bond acceptors (Lipinski definition) is 3. The van der Waals surface area contributed by atoms with Crippen molar-refractivity contribution in [2.45, 2.75) is 19.9 Å². The summed E-state index contributed by atoms with van der Waals surface area (Å²) >= 11 is 0. The Morgan fingerprint density at radius 1 is 1.19 bits per heavy atom. The average molecular weight is 219 g/mol. The van der Waals surface area contributed by atoms with E-state index >= 15 is 0 Å². The number of phenolic OH excluding ortho intramolecular Hbond substituents is 2. The maximum absolute atomic E-state index is 11.6. The molecule has 1 aromatic carbocycles. The van der Waals surface area contributed by atoms with Crippen molar-refractivity contribution in [1.29, 1.82) is 0 Å². The Balaban J connectivity index is 2.93. The molecule has 1 aromatic heterocycles. The zero-order valence-corrected chi connectivity index (χ0v) is 9.14. The third-order valence-electron chi connectivity index (χ3n) is 2.58. The van der Waals surface area contributed by atoms with Crippen LogP contribution in [0.25, 0.3) is 10.9 Å². The summed E-state index contributed by atoms with van der Waals surface area (Å²) in [5.41, 5.74) is 0.458. The third-order valence-corrected chi connectivity index (χ3v) is 2.58. The molecule has 0 fully saturated rings. The van der Waals surface area contributed by atoms with Crippen LogP contribution in [0.1, 0.15) is 19.9 Å². The van der Waals surface area contributed by atoms with Crippen LogP contribution >= 0.6 is 0 Å². The monoisotopic (exact) mass is 219 g/mol. The smallest absolute Gasteiger partial charge is 0.189 e. The van der Waals surface area contributed by atoms with Gasteiger partial charge in [-0.2, -0.15) is 0 Å². The lowest BCUT2D eigenvalue weighted by Crippen LogP contribution is -2.09. The van der Waals surface area contributed by atoms with E-state index in [0.29, 0.717) is 10.9 Å². The van der Waals surface area contributed by atoms with E-state index in [-0.39, 0.29) is 23.0 Å². The van der Waals surface area contributed by atoms with E-state index in [2.05, 4.69) is 0 Å². The number of benzene rings is 1. The predicted octanol–water partition coefficient (Wildman–Crippen LogP) is 1.99. The van der Waals surface area contributed by atoms with Crippen molar-refractivity contribution >= 4 is 10.9 Å². The van der Waals surface area contributed by atoms with Gasteiger partial charge in [0.1, 0.15) is 0 Å². The molecule has 0 aliphatic carbocycles. The molecule has 0 atom stereocenters. The Morgan fingerprint density at radius 3 is 2.44 bits per heavy atom. The van der Waals surface area contributed by atoms with Crippen molar-refractivity contribution in [1.82, 2.24) is 4.57 Å². The summed E-state index contributed by atoms with van der Waals surface area (Å²) in [6.07, 6.45) is 1.69. The summed E-state index contributed by atoms with van der Waals surface area (Å²) in [5.74, 6) is -0.487. The van der Waals surface area contributed by atoms with Gasteiger partial charge >= 0.3 is 0 Å². The summed E-state index contributed by atoms with van der Waals surface area (Å²) in [6.45, 7) is 3.96. The van der Waals surface area contributed by atoms with Crippen molar-refractivity contribution in [2.24, 2.45) is 0 Å². The first-order valence-electron chi connectivity index (χ1n) is 5.07. The van der Waals surface area contributed by atoms with Crippen LogP contribution in [-0.2, 0) is 0 Å². The molecule has 0 bridgehead atoms. The van der Waals surface area contributed by atoms with Gasteiger partial charge in [-0.1, -0.05) is 0 Å². The summed E-state index contributed by atoms with van der Waals surface area (Å²) in [7, 11) is 0. The minimum atomic E-state index is -0.272. The molecule has 0 spiro atoms. The Bertz CT molecular complexity index is 599. The van der Waals surface area contributed by atoms with Crippen LogP contribution < -0.4 is 5.43 Å². The number of hydrogen-bond donors (Lipinski definition) is 2. The van der Waals surface area contributed by atoms with Crippen molar-refractivity contribution < 1.29 is 10.2 Å². The van der Waals surface area contributed by atoms with E-state index in [9.17, 15) is 15.0 Å². The number of nitrogens with zero attached hydrogens (tertiary/aromatic N) is 1. The van der Waals surface area contributed by atoms with Crippen molar-refractivity contribution in [3.63, 3.8) is 0 Å². The fourth-order valence-corrected chi connectivity index (χ4v) is 1.75. The molecule has 0 aliphatic heterocycles. The van der Waals surface area contributed by atoms with Gasteiger partial charge in [-0.3, -0.25) is 4.79 Å². The van der Waals surface area contributed by atoms with Gasteiger partial charge in [-0.25, -0.2) is 0 Å². The molecule has 4 heteroatoms. The second-order valence-corrected chi connectivity index (χ2v) is 4.04. The van der Waals surface area contributed by atoms with E-state index in [1.54, 1.807) is 6.20 Å². The van der Waals surface area contributed by atoms with Gasteiger partial charge in [-0.05, 0) is 19.9 Å². The topological polar surface area (TPSA) is 62.5 Å². The lowest BCUT2D eigenvalue weighted by Gasteiger charge is -2.14. The van der Waals surface area contributed by atoms with Crippen LogP contribution in [0, 0.1) is 0 Å². The summed E-state index contributed by atoms with van der Waals surface area (Å²) in [5, 5.41) is 19.2. The van der Waals surface area contributed by atoms with Gasteiger partial charge in [0.2, 0.25) is 0 Å². The highest BCUT2D eigenvalue weighted by Gasteiger charge is 2.09. The van der Waals surface area contributed by atoms with E-state index in [4.69, 9.17) is 0 Å². The van der Waals surface area contributed by atoms with Gasteiger partial charge in [0.25, 0.3) is 0 Å². The molecular weight excluding hydrogens is 206 g/mol. The van der Waals surface area contributed by atoms with Crippen molar-refractivity contribution in [3.05, 3.63) is 34.6 Å². The molecule has 0 aliphatic rings. The van der Waals surface area contributed by atoms with Gasteiger partial charge in [0, 0.05) is 29.8 Å². The van der Waals surface area contributed by atoms with Crippen molar-refractivity contribution in [3.8, 4) is 11.5 Å². The SMILES string of the molecule is CC(C)n1ccc(=O)c2cc(O)c(O)cc21. The summed E-state index contributed by atoms with van der Waals surface area (Å²) in [4.78, 5) is 11.6. The van der Waals surface area contributed by atoms with Crippen LogP contribution in [-0.4, -0.2) is 14.8 Å². The molecule has 2 rings (SSSR count). The molecule has 0 saturated heterocycles. The first-order chi connectivity index (χ1) is 7.50. The minimum absolute atomic E-state index is 0.165. The predicted molar refractivity (Wildman–Crippen MR) is 61.9 cm³/mol. The number of phenols is 2. The molecular formula is C12H13NO3. The molecule has 4 nitrogen and oxygen atoms in total. The van der Waals surface area contributed by atoms with Crippen LogP contribution in [0.2, 0.25) is 0 Å². The Morgan fingerprint density at radius 2 is 1.81 bits per heavy atom. The van der Waals surface area contributed by atoms with E-state index in [1.165, 1.54) is 18.2 Å². The van der Waals surface area contributed by atoms with Gasteiger partial charge in [0.05, 0.1) is 5.52 Å². The second-order valence-electron chi connectivity index (χ2n) is 4.04. The van der Waals surface area contributed by atoms with Gasteiger partial charge < -0.3 is 14.8 Å². The Labute approximate surface area is 92.4 Å². The zero-order chi connectivity index (χ0) is 11.9. The lowest BCUT2D eigenvalue weighted by molar-refractivity contribution is 0.404. The average Bonchev–Trinajstić information content (AvgIpc) is 2.21. The van der Waals surface area contributed by atoms with Gasteiger partial charge in [0.15, 0.2) is 16.9 Å². The highest BCUT2D eigenvalue weighted by molar-refractivity contribution is 5.82. The number of pyridine rings is 1. The molecule has 84 valence electrons. The first-order valence-corrected chi connectivity index (χ1v) is 5.07. The first kappa shape index (κ1) is 10.5. The fraction of sp³-hybridized carbons (Fsp3) is 0.250. The van der Waals surface area contributed by atoms with Gasteiger partial charge in [-0.15, -0.1) is 0 Å². The van der Waals surface area contributed by atoms with E-state index in [1.807, 2.05) is 18.4 Å². The molecule has 0 radical (unpaired) electrons. The minimum Gasteiger partial charge on any atom is -0.504 e. The normalized spacial score (nSPS) is 11.2. The maximum atomic E-state index is 11.6. The lowest BCUT2D eigenvalue weighted by atomic mass is 10.1. The number of aromatic hydroxyl groups is 2. The Hall–Kier alpha value is -1.97. The maximum Gasteiger partial charge on any atom is 0.189 e. The molecule has 16 heavy (non-hydrogen) atoms. The number of fused-ring (bicyclic) bond motifs is 1. The number of rotatable bonds is 1. The molecule has 0 saturated carbocycles. The van der Waals surface area contributed by atoms with Crippen molar-refractivity contribution in [2.75, 3.05) is 0 Å².